The van der Waals surface area contributed by atoms with Gasteiger partial charge >= 0.3 is 0 Å². The van der Waals surface area contributed by atoms with E-state index in [-0.39, 0.29) is 4.90 Å². The van der Waals surface area contributed by atoms with Gasteiger partial charge < -0.3 is 15.4 Å². The molecule has 1 saturated heterocycles. The van der Waals surface area contributed by atoms with Crippen LogP contribution in [0, 0.1) is 6.92 Å². The number of sulfonamides is 1. The van der Waals surface area contributed by atoms with Crippen molar-refractivity contribution in [3.05, 3.63) is 53.1 Å². The molecule has 0 radical (unpaired) electrons. The first-order valence-corrected chi connectivity index (χ1v) is 10.6. The molecule has 2 aromatic rings. The third-order valence-electron chi connectivity index (χ3n) is 4.15. The van der Waals surface area contributed by atoms with Crippen LogP contribution in [0.3, 0.4) is 0 Å². The third-order valence-corrected chi connectivity index (χ3v) is 6.48. The topological polar surface area (TPSA) is 70.7 Å². The first-order chi connectivity index (χ1) is 12.9. The van der Waals surface area contributed by atoms with Gasteiger partial charge in [-0.15, -0.1) is 0 Å². The molecule has 0 aliphatic carbocycles. The quantitative estimate of drug-likeness (QED) is 0.731. The van der Waals surface area contributed by atoms with Crippen LogP contribution in [0.25, 0.3) is 0 Å². The number of morpholine rings is 1. The number of anilines is 2. The van der Waals surface area contributed by atoms with Crippen molar-refractivity contribution in [2.45, 2.75) is 11.8 Å². The summed E-state index contributed by atoms with van der Waals surface area (Å²) in [5.74, 6) is 0. The fourth-order valence-corrected chi connectivity index (χ4v) is 4.54. The Bertz CT molecular complexity index is 945. The van der Waals surface area contributed by atoms with E-state index in [0.717, 1.165) is 11.3 Å². The Hall–Kier alpha value is -1.71. The second-order valence-electron chi connectivity index (χ2n) is 6.08. The van der Waals surface area contributed by atoms with Crippen molar-refractivity contribution < 1.29 is 13.2 Å². The summed E-state index contributed by atoms with van der Waals surface area (Å²) in [5, 5.41) is 7.05. The fourth-order valence-electron chi connectivity index (χ4n) is 2.68. The summed E-state index contributed by atoms with van der Waals surface area (Å²) in [5.41, 5.74) is 2.37. The number of benzene rings is 2. The lowest BCUT2D eigenvalue weighted by Crippen LogP contribution is -2.40. The number of thiocarbonyl (C=S) groups is 1. The summed E-state index contributed by atoms with van der Waals surface area (Å²) in [6, 6.07) is 12.1. The monoisotopic (exact) mass is 425 g/mol. The zero-order valence-corrected chi connectivity index (χ0v) is 17.1. The first kappa shape index (κ1) is 20.0. The van der Waals surface area contributed by atoms with Crippen LogP contribution in [0.1, 0.15) is 5.56 Å². The SMILES string of the molecule is Cc1ccc(Cl)cc1NC(=S)Nc1cccc(S(=O)(=O)N2CCOCC2)c1. The summed E-state index contributed by atoms with van der Waals surface area (Å²) in [6.07, 6.45) is 0. The van der Waals surface area contributed by atoms with Gasteiger partial charge in [-0.1, -0.05) is 23.7 Å². The molecule has 3 rings (SSSR count). The number of hydrogen-bond donors (Lipinski definition) is 2. The molecule has 1 heterocycles. The Kier molecular flexibility index (Phi) is 6.33. The highest BCUT2D eigenvalue weighted by Gasteiger charge is 2.26. The van der Waals surface area contributed by atoms with Gasteiger partial charge in [0.2, 0.25) is 10.0 Å². The van der Waals surface area contributed by atoms with Gasteiger partial charge in [-0.05, 0) is 55.0 Å². The average Bonchev–Trinajstić information content (AvgIpc) is 2.65. The van der Waals surface area contributed by atoms with E-state index >= 15 is 0 Å². The second kappa shape index (κ2) is 8.53. The van der Waals surface area contributed by atoms with Crippen LogP contribution >= 0.6 is 23.8 Å². The molecule has 2 N–H and O–H groups in total. The van der Waals surface area contributed by atoms with Crippen LogP contribution in [0.4, 0.5) is 11.4 Å². The lowest BCUT2D eigenvalue weighted by Gasteiger charge is -2.26. The normalized spacial score (nSPS) is 15.3. The number of ether oxygens (including phenoxy) is 1. The smallest absolute Gasteiger partial charge is 0.243 e. The minimum Gasteiger partial charge on any atom is -0.379 e. The molecular formula is C18H20ClN3O3S2. The fraction of sp³-hybridized carbons (Fsp3) is 0.278. The highest BCUT2D eigenvalue weighted by Crippen LogP contribution is 2.22. The predicted molar refractivity (Wildman–Crippen MR) is 112 cm³/mol. The van der Waals surface area contributed by atoms with E-state index in [1.165, 1.54) is 4.31 Å². The van der Waals surface area contributed by atoms with Gasteiger partial charge in [-0.3, -0.25) is 0 Å². The molecular weight excluding hydrogens is 406 g/mol. The second-order valence-corrected chi connectivity index (χ2v) is 8.87. The predicted octanol–water partition coefficient (Wildman–Crippen LogP) is 3.48. The van der Waals surface area contributed by atoms with Gasteiger partial charge in [0, 0.05) is 29.5 Å². The summed E-state index contributed by atoms with van der Waals surface area (Å²) in [4.78, 5) is 0.219. The largest absolute Gasteiger partial charge is 0.379 e. The zero-order chi connectivity index (χ0) is 19.4. The van der Waals surface area contributed by atoms with E-state index in [0.29, 0.717) is 42.1 Å². The van der Waals surface area contributed by atoms with E-state index in [1.807, 2.05) is 13.0 Å². The molecule has 0 amide bonds. The van der Waals surface area contributed by atoms with Gasteiger partial charge in [0.05, 0.1) is 18.1 Å². The molecule has 0 saturated carbocycles. The molecule has 1 fully saturated rings. The van der Waals surface area contributed by atoms with Gasteiger partial charge in [0.1, 0.15) is 0 Å². The van der Waals surface area contributed by atoms with Gasteiger partial charge in [0.25, 0.3) is 0 Å². The summed E-state index contributed by atoms with van der Waals surface area (Å²) in [7, 11) is -3.56. The van der Waals surface area contributed by atoms with Crippen molar-refractivity contribution in [3.8, 4) is 0 Å². The third kappa shape index (κ3) is 4.97. The molecule has 6 nitrogen and oxygen atoms in total. The number of aryl methyl sites for hydroxylation is 1. The van der Waals surface area contributed by atoms with Crippen molar-refractivity contribution in [1.82, 2.24) is 4.31 Å². The zero-order valence-electron chi connectivity index (χ0n) is 14.7. The van der Waals surface area contributed by atoms with Crippen molar-refractivity contribution in [3.63, 3.8) is 0 Å². The number of nitrogens with one attached hydrogen (secondary N) is 2. The van der Waals surface area contributed by atoms with Crippen LogP contribution in [0.15, 0.2) is 47.4 Å². The minimum atomic E-state index is -3.56. The molecule has 1 aliphatic rings. The maximum absolute atomic E-state index is 12.8. The van der Waals surface area contributed by atoms with Crippen LogP contribution in [-0.2, 0) is 14.8 Å². The molecule has 0 aromatic heterocycles. The van der Waals surface area contributed by atoms with E-state index in [4.69, 9.17) is 28.6 Å². The lowest BCUT2D eigenvalue weighted by molar-refractivity contribution is 0.0730. The van der Waals surface area contributed by atoms with Crippen LogP contribution in [0.2, 0.25) is 5.02 Å². The molecule has 144 valence electrons. The van der Waals surface area contributed by atoms with Gasteiger partial charge in [0.15, 0.2) is 5.11 Å². The number of hydrogen-bond acceptors (Lipinski definition) is 4. The van der Waals surface area contributed by atoms with Gasteiger partial charge in [-0.25, -0.2) is 8.42 Å². The Labute approximate surface area is 169 Å². The highest BCUT2D eigenvalue weighted by molar-refractivity contribution is 7.89. The Morgan fingerprint density at radius 3 is 2.63 bits per heavy atom. The summed E-state index contributed by atoms with van der Waals surface area (Å²) >= 11 is 11.4. The molecule has 0 spiro atoms. The number of halogens is 1. The van der Waals surface area contributed by atoms with E-state index in [1.54, 1.807) is 36.4 Å². The number of rotatable bonds is 4. The highest BCUT2D eigenvalue weighted by atomic mass is 35.5. The average molecular weight is 426 g/mol. The molecule has 9 heteroatoms. The van der Waals surface area contributed by atoms with Crippen LogP contribution < -0.4 is 10.6 Å². The van der Waals surface area contributed by atoms with E-state index < -0.39 is 10.0 Å². The lowest BCUT2D eigenvalue weighted by atomic mass is 10.2. The van der Waals surface area contributed by atoms with Crippen LogP contribution in [0.5, 0.6) is 0 Å². The number of nitrogens with zero attached hydrogens (tertiary/aromatic N) is 1. The van der Waals surface area contributed by atoms with Crippen molar-refractivity contribution in [2.75, 3.05) is 36.9 Å². The van der Waals surface area contributed by atoms with E-state index in [9.17, 15) is 8.42 Å². The molecule has 0 atom stereocenters. The first-order valence-electron chi connectivity index (χ1n) is 8.38. The van der Waals surface area contributed by atoms with Crippen molar-refractivity contribution in [2.24, 2.45) is 0 Å². The molecule has 0 bridgehead atoms. The Morgan fingerprint density at radius 2 is 1.89 bits per heavy atom. The van der Waals surface area contributed by atoms with Crippen LogP contribution in [-0.4, -0.2) is 44.1 Å². The minimum absolute atomic E-state index is 0.219. The standard InChI is InChI=1S/C18H20ClN3O3S2/c1-13-5-6-14(19)11-17(13)21-18(26)20-15-3-2-4-16(12-15)27(23,24)22-7-9-25-10-8-22/h2-6,11-12H,7-10H2,1H3,(H2,20,21,26). The van der Waals surface area contributed by atoms with Gasteiger partial charge in [-0.2, -0.15) is 4.31 Å². The Balaban J connectivity index is 1.73. The molecule has 1 aliphatic heterocycles. The maximum Gasteiger partial charge on any atom is 0.243 e. The molecule has 2 aromatic carbocycles. The van der Waals surface area contributed by atoms with Crippen molar-refractivity contribution in [1.29, 1.82) is 0 Å². The molecule has 0 unspecified atom stereocenters. The Morgan fingerprint density at radius 1 is 1.15 bits per heavy atom. The maximum atomic E-state index is 12.8. The van der Waals surface area contributed by atoms with E-state index in [2.05, 4.69) is 10.6 Å². The van der Waals surface area contributed by atoms with Crippen molar-refractivity contribution >= 4 is 50.3 Å². The summed E-state index contributed by atoms with van der Waals surface area (Å²) < 4.78 is 32.2. The molecule has 27 heavy (non-hydrogen) atoms. The summed E-state index contributed by atoms with van der Waals surface area (Å²) in [6.45, 7) is 3.47.